The molecule has 4 nitrogen and oxygen atoms in total. The van der Waals surface area contributed by atoms with Crippen molar-refractivity contribution in [2.75, 3.05) is 37.0 Å². The summed E-state index contributed by atoms with van der Waals surface area (Å²) in [7, 11) is 4.11. The maximum absolute atomic E-state index is 4.79. The molecule has 2 heterocycles. The van der Waals surface area contributed by atoms with E-state index < -0.39 is 0 Å². The lowest BCUT2D eigenvalue weighted by Crippen LogP contribution is -2.36. The minimum Gasteiger partial charge on any atom is -0.371 e. The van der Waals surface area contributed by atoms with E-state index in [0.717, 1.165) is 23.9 Å². The molecule has 1 aliphatic rings. The Hall–Kier alpha value is -1.59. The highest BCUT2D eigenvalue weighted by atomic mass is 32.1. The molecule has 1 aliphatic heterocycles. The van der Waals surface area contributed by atoms with Crippen molar-refractivity contribution in [3.05, 3.63) is 35.3 Å². The summed E-state index contributed by atoms with van der Waals surface area (Å²) in [4.78, 5) is 9.42. The van der Waals surface area contributed by atoms with Gasteiger partial charge < -0.3 is 15.1 Å². The molecule has 106 valence electrons. The van der Waals surface area contributed by atoms with Gasteiger partial charge in [-0.05, 0) is 26.1 Å². The van der Waals surface area contributed by atoms with E-state index in [4.69, 9.17) is 4.98 Å². The number of para-hydroxylation sites is 2. The van der Waals surface area contributed by atoms with Crippen molar-refractivity contribution in [1.29, 1.82) is 0 Å². The van der Waals surface area contributed by atoms with Crippen LogP contribution in [0.15, 0.2) is 29.6 Å². The van der Waals surface area contributed by atoms with E-state index in [1.165, 1.54) is 11.4 Å². The first kappa shape index (κ1) is 13.4. The smallest absolute Gasteiger partial charge is 0.190 e. The lowest BCUT2D eigenvalue weighted by atomic mass is 10.2. The molecule has 0 spiro atoms. The fraction of sp³-hybridized carbons (Fsp3) is 0.400. The molecule has 2 aromatic rings. The third-order valence-corrected chi connectivity index (χ3v) is 4.74. The highest BCUT2D eigenvalue weighted by Crippen LogP contribution is 2.38. The van der Waals surface area contributed by atoms with Gasteiger partial charge >= 0.3 is 0 Å². The molecule has 1 aromatic carbocycles. The van der Waals surface area contributed by atoms with E-state index >= 15 is 0 Å². The van der Waals surface area contributed by atoms with Crippen LogP contribution in [0.5, 0.6) is 0 Å². The summed E-state index contributed by atoms with van der Waals surface area (Å²) in [6.07, 6.45) is 0. The average molecular weight is 288 g/mol. The van der Waals surface area contributed by atoms with Crippen LogP contribution < -0.4 is 15.1 Å². The zero-order valence-corrected chi connectivity index (χ0v) is 12.9. The lowest BCUT2D eigenvalue weighted by molar-refractivity contribution is 0.636. The molecule has 1 unspecified atom stereocenters. The summed E-state index contributed by atoms with van der Waals surface area (Å²) < 4.78 is 0. The molecule has 1 aromatic heterocycles. The number of rotatable bonds is 3. The van der Waals surface area contributed by atoms with Crippen LogP contribution in [0, 0.1) is 0 Å². The molecule has 0 aliphatic carbocycles. The van der Waals surface area contributed by atoms with E-state index in [1.807, 2.05) is 7.05 Å². The van der Waals surface area contributed by atoms with Crippen LogP contribution >= 0.6 is 11.3 Å². The number of hydrogen-bond acceptors (Lipinski definition) is 5. The fourth-order valence-electron chi connectivity index (χ4n) is 2.45. The molecule has 0 amide bonds. The SMILES string of the molecule is CNC(C)c1csc(N2CCN(C)c3ccccc32)n1. The zero-order chi connectivity index (χ0) is 14.1. The highest BCUT2D eigenvalue weighted by molar-refractivity contribution is 7.13. The number of benzene rings is 1. The summed E-state index contributed by atoms with van der Waals surface area (Å²) in [5.41, 5.74) is 3.64. The maximum Gasteiger partial charge on any atom is 0.190 e. The third kappa shape index (κ3) is 2.27. The first-order valence-corrected chi connectivity index (χ1v) is 7.79. The molecule has 5 heteroatoms. The van der Waals surface area contributed by atoms with Crippen molar-refractivity contribution < 1.29 is 0 Å². The summed E-state index contributed by atoms with van der Waals surface area (Å²) in [6, 6.07) is 8.83. The number of likely N-dealkylation sites (N-methyl/N-ethyl adjacent to an activating group) is 1. The molecule has 20 heavy (non-hydrogen) atoms. The topological polar surface area (TPSA) is 31.4 Å². The van der Waals surface area contributed by atoms with Crippen molar-refractivity contribution in [3.8, 4) is 0 Å². The van der Waals surface area contributed by atoms with E-state index in [0.29, 0.717) is 6.04 Å². The van der Waals surface area contributed by atoms with Gasteiger partial charge in [0.25, 0.3) is 0 Å². The maximum atomic E-state index is 4.79. The van der Waals surface area contributed by atoms with Crippen LogP contribution in [0.25, 0.3) is 0 Å². The summed E-state index contributed by atoms with van der Waals surface area (Å²) in [5.74, 6) is 0. The van der Waals surface area contributed by atoms with Crippen molar-refractivity contribution in [3.63, 3.8) is 0 Å². The van der Waals surface area contributed by atoms with E-state index in [9.17, 15) is 0 Å². The molecular weight excluding hydrogens is 268 g/mol. The molecule has 0 saturated heterocycles. The predicted molar refractivity (Wildman–Crippen MR) is 86.3 cm³/mol. The molecule has 0 saturated carbocycles. The number of anilines is 3. The molecule has 0 bridgehead atoms. The van der Waals surface area contributed by atoms with Crippen LogP contribution in [0.1, 0.15) is 18.7 Å². The number of hydrogen-bond donors (Lipinski definition) is 1. The van der Waals surface area contributed by atoms with Gasteiger partial charge in [-0.15, -0.1) is 11.3 Å². The van der Waals surface area contributed by atoms with Gasteiger partial charge in [-0.1, -0.05) is 12.1 Å². The van der Waals surface area contributed by atoms with Gasteiger partial charge in [0.2, 0.25) is 0 Å². The van der Waals surface area contributed by atoms with Gasteiger partial charge in [-0.3, -0.25) is 0 Å². The molecular formula is C15H20N4S. The van der Waals surface area contributed by atoms with Gasteiger partial charge in [-0.2, -0.15) is 0 Å². The summed E-state index contributed by atoms with van der Waals surface area (Å²) in [6.45, 7) is 4.14. The first-order valence-electron chi connectivity index (χ1n) is 6.91. The number of aromatic nitrogens is 1. The number of nitrogens with one attached hydrogen (secondary N) is 1. The second-order valence-electron chi connectivity index (χ2n) is 5.13. The quantitative estimate of drug-likeness (QED) is 0.941. The molecule has 1 N–H and O–H groups in total. The van der Waals surface area contributed by atoms with E-state index in [1.54, 1.807) is 11.3 Å². The number of nitrogens with zero attached hydrogens (tertiary/aromatic N) is 3. The lowest BCUT2D eigenvalue weighted by Gasteiger charge is -2.35. The van der Waals surface area contributed by atoms with Crippen LogP contribution in [-0.2, 0) is 0 Å². The van der Waals surface area contributed by atoms with Gasteiger partial charge in [0.15, 0.2) is 5.13 Å². The molecule has 0 radical (unpaired) electrons. The summed E-state index contributed by atoms with van der Waals surface area (Å²) in [5, 5.41) is 6.48. The normalized spacial score (nSPS) is 16.1. The predicted octanol–water partition coefficient (Wildman–Crippen LogP) is 3.01. The first-order chi connectivity index (χ1) is 9.70. The average Bonchev–Trinajstić information content (AvgIpc) is 2.97. The Morgan fingerprint density at radius 2 is 2.00 bits per heavy atom. The highest BCUT2D eigenvalue weighted by Gasteiger charge is 2.23. The van der Waals surface area contributed by atoms with Crippen molar-refractivity contribution in [1.82, 2.24) is 10.3 Å². The Balaban J connectivity index is 1.95. The Morgan fingerprint density at radius 1 is 1.25 bits per heavy atom. The van der Waals surface area contributed by atoms with Gasteiger partial charge in [0.1, 0.15) is 0 Å². The third-order valence-electron chi connectivity index (χ3n) is 3.86. The summed E-state index contributed by atoms with van der Waals surface area (Å²) >= 11 is 1.72. The number of fused-ring (bicyclic) bond motifs is 1. The second-order valence-corrected chi connectivity index (χ2v) is 5.96. The Morgan fingerprint density at radius 3 is 2.75 bits per heavy atom. The van der Waals surface area contributed by atoms with Crippen molar-refractivity contribution in [2.45, 2.75) is 13.0 Å². The van der Waals surface area contributed by atoms with E-state index in [-0.39, 0.29) is 0 Å². The van der Waals surface area contributed by atoms with Crippen LogP contribution in [0.2, 0.25) is 0 Å². The van der Waals surface area contributed by atoms with Gasteiger partial charge in [0.05, 0.1) is 17.1 Å². The number of thiazole rings is 1. The fourth-order valence-corrected chi connectivity index (χ4v) is 3.41. The molecule has 0 fully saturated rings. The minimum absolute atomic E-state index is 0.294. The molecule has 1 atom stereocenters. The largest absolute Gasteiger partial charge is 0.371 e. The Bertz CT molecular complexity index is 595. The standard InChI is InChI=1S/C15H20N4S/c1-11(16-2)12-10-20-15(17-12)19-9-8-18(3)13-6-4-5-7-14(13)19/h4-7,10-11,16H,8-9H2,1-3H3. The van der Waals surface area contributed by atoms with Crippen molar-refractivity contribution >= 4 is 27.8 Å². The zero-order valence-electron chi connectivity index (χ0n) is 12.1. The van der Waals surface area contributed by atoms with Gasteiger partial charge in [0, 0.05) is 31.6 Å². The Kier molecular flexibility index (Phi) is 3.63. The van der Waals surface area contributed by atoms with Gasteiger partial charge in [-0.25, -0.2) is 4.98 Å². The van der Waals surface area contributed by atoms with E-state index in [2.05, 4.69) is 58.7 Å². The Labute approximate surface area is 124 Å². The monoisotopic (exact) mass is 288 g/mol. The van der Waals surface area contributed by atoms with Crippen molar-refractivity contribution in [2.24, 2.45) is 0 Å². The second kappa shape index (κ2) is 5.42. The van der Waals surface area contributed by atoms with Crippen LogP contribution in [0.3, 0.4) is 0 Å². The van der Waals surface area contributed by atoms with Crippen LogP contribution in [-0.4, -0.2) is 32.2 Å². The molecule has 3 rings (SSSR count). The minimum atomic E-state index is 0.294. The van der Waals surface area contributed by atoms with Crippen LogP contribution in [0.4, 0.5) is 16.5 Å².